The molecule has 0 saturated heterocycles. The van der Waals surface area contributed by atoms with Crippen molar-refractivity contribution in [2.24, 2.45) is 0 Å². The van der Waals surface area contributed by atoms with Crippen molar-refractivity contribution in [3.63, 3.8) is 0 Å². The number of amides is 1. The lowest BCUT2D eigenvalue weighted by Crippen LogP contribution is -2.27. The minimum absolute atomic E-state index is 0.239. The quantitative estimate of drug-likeness (QED) is 0.852. The zero-order chi connectivity index (χ0) is 15.2. The Hall–Kier alpha value is -2.59. The Labute approximate surface area is 126 Å². The summed E-state index contributed by atoms with van der Waals surface area (Å²) in [6, 6.07) is 15.2. The molecule has 0 aromatic heterocycles. The number of carboxylic acid groups (broad SMARTS) is 1. The van der Waals surface area contributed by atoms with Gasteiger partial charge in [0.1, 0.15) is 5.70 Å². The smallest absolute Gasteiger partial charge is 0.352 e. The molecule has 0 aliphatic rings. The van der Waals surface area contributed by atoms with Gasteiger partial charge in [0.05, 0.1) is 0 Å². The Balaban J connectivity index is 2.27. The molecule has 2 aromatic carbocycles. The molecule has 106 valence electrons. The lowest BCUT2D eigenvalue weighted by atomic mass is 10.1. The summed E-state index contributed by atoms with van der Waals surface area (Å²) in [5.74, 6) is -1.73. The van der Waals surface area contributed by atoms with Gasteiger partial charge in [0.25, 0.3) is 5.91 Å². The van der Waals surface area contributed by atoms with Crippen LogP contribution in [0.1, 0.15) is 15.9 Å². The summed E-state index contributed by atoms with van der Waals surface area (Å²) >= 11 is 5.98. The van der Waals surface area contributed by atoms with Gasteiger partial charge in [-0.15, -0.1) is 0 Å². The standard InChI is InChI=1S/C16H12ClNO3/c17-13-9-5-4-8-12(13)10-14(16(20)21)18-15(19)11-6-2-1-3-7-11/h1-10H,(H,18,19)(H,20,21). The van der Waals surface area contributed by atoms with Crippen LogP contribution in [-0.2, 0) is 4.79 Å². The fourth-order valence-electron chi connectivity index (χ4n) is 1.68. The fraction of sp³-hybridized carbons (Fsp3) is 0. The van der Waals surface area contributed by atoms with E-state index in [1.807, 2.05) is 0 Å². The van der Waals surface area contributed by atoms with Crippen molar-refractivity contribution >= 4 is 29.6 Å². The molecule has 0 fully saturated rings. The average Bonchev–Trinajstić information content (AvgIpc) is 2.49. The maximum atomic E-state index is 12.0. The first-order valence-electron chi connectivity index (χ1n) is 6.14. The normalized spacial score (nSPS) is 11.0. The van der Waals surface area contributed by atoms with Gasteiger partial charge in [-0.2, -0.15) is 0 Å². The number of carboxylic acids is 1. The molecule has 0 aliphatic carbocycles. The summed E-state index contributed by atoms with van der Waals surface area (Å²) in [5, 5.41) is 12.0. The van der Waals surface area contributed by atoms with Gasteiger partial charge in [-0.25, -0.2) is 4.79 Å². The van der Waals surface area contributed by atoms with E-state index in [-0.39, 0.29) is 5.70 Å². The number of hydrogen-bond donors (Lipinski definition) is 2. The first-order chi connectivity index (χ1) is 10.1. The number of nitrogens with one attached hydrogen (secondary N) is 1. The molecule has 4 nitrogen and oxygen atoms in total. The molecule has 0 heterocycles. The Kier molecular flexibility index (Phi) is 4.74. The predicted octanol–water partition coefficient (Wildman–Crippen LogP) is 3.20. The number of carbonyl (C=O) groups excluding carboxylic acids is 1. The van der Waals surface area contributed by atoms with E-state index in [4.69, 9.17) is 11.6 Å². The lowest BCUT2D eigenvalue weighted by molar-refractivity contribution is -0.132. The van der Waals surface area contributed by atoms with E-state index in [0.29, 0.717) is 16.1 Å². The Bertz CT molecular complexity index is 696. The molecule has 0 saturated carbocycles. The zero-order valence-corrected chi connectivity index (χ0v) is 11.7. The third kappa shape index (κ3) is 3.94. The summed E-state index contributed by atoms with van der Waals surface area (Å²) in [6.45, 7) is 0. The van der Waals surface area contributed by atoms with Crippen LogP contribution in [0.3, 0.4) is 0 Å². The maximum Gasteiger partial charge on any atom is 0.352 e. The van der Waals surface area contributed by atoms with Gasteiger partial charge in [-0.05, 0) is 29.8 Å². The molecule has 0 spiro atoms. The van der Waals surface area contributed by atoms with Crippen LogP contribution in [0.4, 0.5) is 0 Å². The first-order valence-corrected chi connectivity index (χ1v) is 6.51. The molecule has 2 aromatic rings. The van der Waals surface area contributed by atoms with Gasteiger partial charge >= 0.3 is 5.97 Å². The number of benzene rings is 2. The molecule has 0 atom stereocenters. The van der Waals surface area contributed by atoms with E-state index in [0.717, 1.165) is 0 Å². The first kappa shape index (κ1) is 14.8. The molecular formula is C16H12ClNO3. The topological polar surface area (TPSA) is 66.4 Å². The zero-order valence-electron chi connectivity index (χ0n) is 10.9. The molecule has 0 aliphatic heterocycles. The Morgan fingerprint density at radius 3 is 2.24 bits per heavy atom. The Morgan fingerprint density at radius 1 is 1.00 bits per heavy atom. The van der Waals surface area contributed by atoms with Crippen LogP contribution in [0.15, 0.2) is 60.3 Å². The second-order valence-electron chi connectivity index (χ2n) is 4.20. The molecule has 5 heteroatoms. The van der Waals surface area contributed by atoms with Gasteiger partial charge < -0.3 is 10.4 Å². The van der Waals surface area contributed by atoms with Crippen molar-refractivity contribution in [1.82, 2.24) is 5.32 Å². The number of aliphatic carboxylic acids is 1. The van der Waals surface area contributed by atoms with E-state index in [1.165, 1.54) is 6.08 Å². The van der Waals surface area contributed by atoms with E-state index in [9.17, 15) is 14.7 Å². The largest absolute Gasteiger partial charge is 0.477 e. The van der Waals surface area contributed by atoms with Crippen LogP contribution >= 0.6 is 11.6 Å². The summed E-state index contributed by atoms with van der Waals surface area (Å²) in [7, 11) is 0. The van der Waals surface area contributed by atoms with E-state index < -0.39 is 11.9 Å². The van der Waals surface area contributed by atoms with Crippen molar-refractivity contribution in [1.29, 1.82) is 0 Å². The summed E-state index contributed by atoms with van der Waals surface area (Å²) < 4.78 is 0. The molecule has 0 radical (unpaired) electrons. The summed E-state index contributed by atoms with van der Waals surface area (Å²) in [6.07, 6.45) is 1.32. The van der Waals surface area contributed by atoms with Gasteiger partial charge in [-0.3, -0.25) is 4.79 Å². The molecule has 0 unspecified atom stereocenters. The van der Waals surface area contributed by atoms with Gasteiger partial charge in [0.15, 0.2) is 0 Å². The molecule has 2 rings (SSSR count). The van der Waals surface area contributed by atoms with Gasteiger partial charge in [0, 0.05) is 10.6 Å². The minimum atomic E-state index is -1.24. The van der Waals surface area contributed by atoms with Crippen LogP contribution in [0.25, 0.3) is 6.08 Å². The van der Waals surface area contributed by atoms with Crippen LogP contribution in [0.5, 0.6) is 0 Å². The summed E-state index contributed by atoms with van der Waals surface area (Å²) in [4.78, 5) is 23.2. The van der Waals surface area contributed by atoms with E-state index in [2.05, 4.69) is 5.32 Å². The fourth-order valence-corrected chi connectivity index (χ4v) is 1.87. The van der Waals surface area contributed by atoms with Gasteiger partial charge in [0.2, 0.25) is 0 Å². The average molecular weight is 302 g/mol. The highest BCUT2D eigenvalue weighted by atomic mass is 35.5. The maximum absolute atomic E-state index is 12.0. The monoisotopic (exact) mass is 301 g/mol. The second kappa shape index (κ2) is 6.72. The van der Waals surface area contributed by atoms with Crippen LogP contribution in [0.2, 0.25) is 5.02 Å². The van der Waals surface area contributed by atoms with Crippen molar-refractivity contribution in [3.8, 4) is 0 Å². The van der Waals surface area contributed by atoms with Crippen LogP contribution in [-0.4, -0.2) is 17.0 Å². The van der Waals surface area contributed by atoms with E-state index >= 15 is 0 Å². The highest BCUT2D eigenvalue weighted by Gasteiger charge is 2.13. The minimum Gasteiger partial charge on any atom is -0.477 e. The van der Waals surface area contributed by atoms with Crippen molar-refractivity contribution in [2.75, 3.05) is 0 Å². The van der Waals surface area contributed by atoms with E-state index in [1.54, 1.807) is 54.6 Å². The number of carbonyl (C=O) groups is 2. The molecule has 21 heavy (non-hydrogen) atoms. The number of halogens is 1. The molecule has 0 bridgehead atoms. The molecule has 2 N–H and O–H groups in total. The third-order valence-electron chi connectivity index (χ3n) is 2.72. The predicted molar refractivity (Wildman–Crippen MR) is 81.0 cm³/mol. The van der Waals surface area contributed by atoms with Crippen molar-refractivity contribution < 1.29 is 14.7 Å². The SMILES string of the molecule is O=C(O)C(=Cc1ccccc1Cl)NC(=O)c1ccccc1. The molecule has 1 amide bonds. The molecular weight excluding hydrogens is 290 g/mol. The van der Waals surface area contributed by atoms with Crippen molar-refractivity contribution in [3.05, 3.63) is 76.4 Å². The lowest BCUT2D eigenvalue weighted by Gasteiger charge is -2.07. The van der Waals surface area contributed by atoms with Crippen LogP contribution in [0, 0.1) is 0 Å². The Morgan fingerprint density at radius 2 is 1.62 bits per heavy atom. The highest BCUT2D eigenvalue weighted by Crippen LogP contribution is 2.17. The third-order valence-corrected chi connectivity index (χ3v) is 3.06. The van der Waals surface area contributed by atoms with Gasteiger partial charge in [-0.1, -0.05) is 48.0 Å². The van der Waals surface area contributed by atoms with Crippen molar-refractivity contribution in [2.45, 2.75) is 0 Å². The highest BCUT2D eigenvalue weighted by molar-refractivity contribution is 6.32. The number of hydrogen-bond acceptors (Lipinski definition) is 2. The number of rotatable bonds is 4. The second-order valence-corrected chi connectivity index (χ2v) is 4.61. The van der Waals surface area contributed by atoms with Crippen LogP contribution < -0.4 is 5.32 Å². The summed E-state index contributed by atoms with van der Waals surface area (Å²) in [5.41, 5.74) is 0.658.